The van der Waals surface area contributed by atoms with Gasteiger partial charge in [-0.2, -0.15) is 0 Å². The third-order valence-corrected chi connectivity index (χ3v) is 6.96. The van der Waals surface area contributed by atoms with Crippen LogP contribution in [0, 0.1) is 5.92 Å². The molecule has 2 atom stereocenters. The van der Waals surface area contributed by atoms with Crippen LogP contribution < -0.4 is 10.1 Å². The number of carbonyl (C=O) groups excluding carboxylic acids is 2. The lowest BCUT2D eigenvalue weighted by Gasteiger charge is -2.25. The molecule has 0 aromatic heterocycles. The number of likely N-dealkylation sites (tertiary alicyclic amines) is 1. The lowest BCUT2D eigenvalue weighted by molar-refractivity contribution is -0.132. The Labute approximate surface area is 234 Å². The third-order valence-electron chi connectivity index (χ3n) is 6.96. The first-order valence-corrected chi connectivity index (χ1v) is 14.4. The molecule has 0 radical (unpaired) electrons. The van der Waals surface area contributed by atoms with E-state index in [0.29, 0.717) is 13.2 Å². The fourth-order valence-corrected chi connectivity index (χ4v) is 4.98. The number of amides is 2. The van der Waals surface area contributed by atoms with E-state index in [0.717, 1.165) is 63.7 Å². The molecule has 1 unspecified atom stereocenters. The summed E-state index contributed by atoms with van der Waals surface area (Å²) in [6.45, 7) is 11.3. The van der Waals surface area contributed by atoms with Crippen molar-refractivity contribution >= 4 is 12.0 Å². The number of nitrogens with zero attached hydrogens (tertiary/aromatic N) is 1. The molecule has 3 rings (SSSR count). The molecule has 0 spiro atoms. The van der Waals surface area contributed by atoms with Gasteiger partial charge in [-0.1, -0.05) is 48.5 Å². The number of ether oxygens (including phenoxy) is 2. The number of aryl methyl sites for hydroxylation is 2. The molecule has 0 bridgehead atoms. The van der Waals surface area contributed by atoms with E-state index in [1.165, 1.54) is 11.1 Å². The summed E-state index contributed by atoms with van der Waals surface area (Å²) in [5.74, 6) is 1.08. The van der Waals surface area contributed by atoms with Gasteiger partial charge in [-0.3, -0.25) is 4.79 Å². The fourth-order valence-electron chi connectivity index (χ4n) is 4.98. The van der Waals surface area contributed by atoms with Gasteiger partial charge >= 0.3 is 6.09 Å². The zero-order valence-electron chi connectivity index (χ0n) is 24.0. The molecule has 2 aromatic rings. The van der Waals surface area contributed by atoms with Crippen LogP contribution in [0.15, 0.2) is 67.3 Å². The summed E-state index contributed by atoms with van der Waals surface area (Å²) in [4.78, 5) is 26.8. The molecule has 39 heavy (non-hydrogen) atoms. The van der Waals surface area contributed by atoms with Gasteiger partial charge in [-0.05, 0) is 95.4 Å². The van der Waals surface area contributed by atoms with Gasteiger partial charge in [0.05, 0.1) is 6.04 Å². The molecule has 1 heterocycles. The predicted molar refractivity (Wildman–Crippen MR) is 157 cm³/mol. The lowest BCUT2D eigenvalue weighted by atomic mass is 10.0. The van der Waals surface area contributed by atoms with E-state index in [1.807, 2.05) is 49.9 Å². The van der Waals surface area contributed by atoms with Crippen LogP contribution in [-0.4, -0.2) is 48.2 Å². The standard InChI is InChI=1S/C33H46N2O4/c1-5-13-28-24-29(35(31(28)36)23-12-10-17-26-14-7-6-8-15-26)25-38-30-20-18-27(19-21-30)16-9-11-22-34-32(37)39-33(2,3)4/h5-8,14-15,18-21,28-29H,1,9-13,16-17,22-25H2,2-4H3,(H,34,37)/t28-,29?/m0/s1. The molecule has 1 aliphatic heterocycles. The zero-order chi connectivity index (χ0) is 28.1. The SMILES string of the molecule is C=CC[C@H]1CC(COc2ccc(CCCCNC(=O)OC(C)(C)C)cc2)N(CCCCc2ccccc2)C1=O. The van der Waals surface area contributed by atoms with E-state index >= 15 is 0 Å². The van der Waals surface area contributed by atoms with E-state index in [2.05, 4.69) is 48.3 Å². The number of alkyl carbamates (subject to hydrolysis) is 1. The van der Waals surface area contributed by atoms with Crippen LogP contribution in [0.2, 0.25) is 0 Å². The molecule has 1 fully saturated rings. The van der Waals surface area contributed by atoms with Gasteiger partial charge in [0.2, 0.25) is 5.91 Å². The minimum Gasteiger partial charge on any atom is -0.491 e. The molecular formula is C33H46N2O4. The van der Waals surface area contributed by atoms with E-state index in [4.69, 9.17) is 9.47 Å². The number of rotatable bonds is 15. The summed E-state index contributed by atoms with van der Waals surface area (Å²) in [5.41, 5.74) is 2.10. The van der Waals surface area contributed by atoms with Gasteiger partial charge in [0.15, 0.2) is 0 Å². The summed E-state index contributed by atoms with van der Waals surface area (Å²) >= 11 is 0. The first-order valence-electron chi connectivity index (χ1n) is 14.4. The average molecular weight is 535 g/mol. The van der Waals surface area contributed by atoms with Crippen molar-refractivity contribution in [1.82, 2.24) is 10.2 Å². The molecule has 6 heteroatoms. The summed E-state index contributed by atoms with van der Waals surface area (Å²) in [6.07, 6.45) is 8.91. The molecule has 212 valence electrons. The van der Waals surface area contributed by atoms with E-state index in [1.54, 1.807) is 0 Å². The summed E-state index contributed by atoms with van der Waals surface area (Å²) in [6, 6.07) is 18.8. The number of carbonyl (C=O) groups is 2. The molecule has 2 aromatic carbocycles. The molecule has 0 aliphatic carbocycles. The number of hydrogen-bond acceptors (Lipinski definition) is 4. The highest BCUT2D eigenvalue weighted by Gasteiger charge is 2.38. The van der Waals surface area contributed by atoms with Crippen LogP contribution >= 0.6 is 0 Å². The van der Waals surface area contributed by atoms with Crippen LogP contribution in [0.25, 0.3) is 0 Å². The molecule has 2 amide bonds. The number of unbranched alkanes of at least 4 members (excludes halogenated alkanes) is 2. The number of allylic oxidation sites excluding steroid dienone is 1. The van der Waals surface area contributed by atoms with E-state index in [-0.39, 0.29) is 24.0 Å². The molecule has 0 saturated carbocycles. The minimum atomic E-state index is -0.477. The Balaban J connectivity index is 1.40. The van der Waals surface area contributed by atoms with Gasteiger partial charge in [-0.15, -0.1) is 6.58 Å². The number of benzene rings is 2. The second-order valence-corrected chi connectivity index (χ2v) is 11.4. The van der Waals surface area contributed by atoms with Crippen molar-refractivity contribution in [2.45, 2.75) is 83.8 Å². The molecule has 1 aliphatic rings. The lowest BCUT2D eigenvalue weighted by Crippen LogP contribution is -2.38. The van der Waals surface area contributed by atoms with Crippen molar-refractivity contribution in [3.63, 3.8) is 0 Å². The second-order valence-electron chi connectivity index (χ2n) is 11.4. The maximum absolute atomic E-state index is 13.1. The van der Waals surface area contributed by atoms with Gasteiger partial charge in [0.1, 0.15) is 18.0 Å². The van der Waals surface area contributed by atoms with Crippen LogP contribution in [0.4, 0.5) is 4.79 Å². The highest BCUT2D eigenvalue weighted by molar-refractivity contribution is 5.81. The number of nitrogens with one attached hydrogen (secondary N) is 1. The summed E-state index contributed by atoms with van der Waals surface area (Å²) < 4.78 is 11.4. The van der Waals surface area contributed by atoms with Crippen LogP contribution in [0.3, 0.4) is 0 Å². The number of hydrogen-bond donors (Lipinski definition) is 1. The third kappa shape index (κ3) is 10.8. The van der Waals surface area contributed by atoms with Crippen LogP contribution in [-0.2, 0) is 22.4 Å². The van der Waals surface area contributed by atoms with Gasteiger partial charge in [0.25, 0.3) is 0 Å². The first-order chi connectivity index (χ1) is 18.7. The highest BCUT2D eigenvalue weighted by atomic mass is 16.6. The largest absolute Gasteiger partial charge is 0.491 e. The highest BCUT2D eigenvalue weighted by Crippen LogP contribution is 2.29. The van der Waals surface area contributed by atoms with Crippen molar-refractivity contribution in [3.8, 4) is 5.75 Å². The summed E-state index contributed by atoms with van der Waals surface area (Å²) in [7, 11) is 0. The molecule has 1 N–H and O–H groups in total. The smallest absolute Gasteiger partial charge is 0.407 e. The van der Waals surface area contributed by atoms with Gasteiger partial charge in [-0.25, -0.2) is 4.79 Å². The van der Waals surface area contributed by atoms with Crippen LogP contribution in [0.5, 0.6) is 5.75 Å². The Morgan fingerprint density at radius 1 is 1.00 bits per heavy atom. The first kappa shape index (κ1) is 30.3. The quantitative estimate of drug-likeness (QED) is 0.203. The minimum absolute atomic E-state index is 0.0115. The van der Waals surface area contributed by atoms with Crippen molar-refractivity contribution in [3.05, 3.63) is 78.4 Å². The topological polar surface area (TPSA) is 67.9 Å². The summed E-state index contributed by atoms with van der Waals surface area (Å²) in [5, 5.41) is 2.80. The zero-order valence-corrected chi connectivity index (χ0v) is 24.0. The van der Waals surface area contributed by atoms with Crippen molar-refractivity contribution in [1.29, 1.82) is 0 Å². The second kappa shape index (κ2) is 15.3. The van der Waals surface area contributed by atoms with E-state index in [9.17, 15) is 9.59 Å². The normalized spacial score (nSPS) is 17.2. The monoisotopic (exact) mass is 534 g/mol. The predicted octanol–water partition coefficient (Wildman–Crippen LogP) is 6.73. The van der Waals surface area contributed by atoms with Crippen molar-refractivity contribution in [2.75, 3.05) is 19.7 Å². The average Bonchev–Trinajstić information content (AvgIpc) is 3.19. The molecule has 6 nitrogen and oxygen atoms in total. The Morgan fingerprint density at radius 2 is 1.67 bits per heavy atom. The molecular weight excluding hydrogens is 488 g/mol. The van der Waals surface area contributed by atoms with Gasteiger partial charge in [0, 0.05) is 19.0 Å². The Kier molecular flexibility index (Phi) is 11.9. The van der Waals surface area contributed by atoms with Crippen LogP contribution in [0.1, 0.15) is 70.4 Å². The Morgan fingerprint density at radius 3 is 2.33 bits per heavy atom. The molecule has 1 saturated heterocycles. The fraction of sp³-hybridized carbons (Fsp3) is 0.515. The van der Waals surface area contributed by atoms with E-state index < -0.39 is 5.60 Å². The van der Waals surface area contributed by atoms with Crippen molar-refractivity contribution in [2.24, 2.45) is 5.92 Å². The Hall–Kier alpha value is -3.28. The van der Waals surface area contributed by atoms with Crippen molar-refractivity contribution < 1.29 is 19.1 Å². The van der Waals surface area contributed by atoms with Gasteiger partial charge < -0.3 is 19.7 Å². The maximum Gasteiger partial charge on any atom is 0.407 e. The Bertz CT molecular complexity index is 1030. The maximum atomic E-state index is 13.1.